The molecule has 112 valence electrons. The van der Waals surface area contributed by atoms with Gasteiger partial charge in [-0.25, -0.2) is 0 Å². The van der Waals surface area contributed by atoms with Crippen LogP contribution in [0.5, 0.6) is 0 Å². The molecule has 0 amide bonds. The molecule has 4 rings (SSSR count). The third-order valence-electron chi connectivity index (χ3n) is 5.11. The number of rotatable bonds is 2. The van der Waals surface area contributed by atoms with Gasteiger partial charge in [-0.05, 0) is 53.4 Å². The van der Waals surface area contributed by atoms with E-state index in [-0.39, 0.29) is 0 Å². The Labute approximate surface area is 134 Å². The Morgan fingerprint density at radius 1 is 1.33 bits per heavy atom. The van der Waals surface area contributed by atoms with Crippen molar-refractivity contribution in [3.05, 3.63) is 33.9 Å². The van der Waals surface area contributed by atoms with Crippen LogP contribution in [0.3, 0.4) is 0 Å². The van der Waals surface area contributed by atoms with E-state index in [1.807, 2.05) is 0 Å². The van der Waals surface area contributed by atoms with Crippen LogP contribution in [0.1, 0.15) is 17.5 Å². The maximum absolute atomic E-state index is 3.89. The van der Waals surface area contributed by atoms with Gasteiger partial charge in [0.2, 0.25) is 0 Å². The van der Waals surface area contributed by atoms with E-state index in [2.05, 4.69) is 56.0 Å². The first-order chi connectivity index (χ1) is 10.3. The van der Waals surface area contributed by atoms with Crippen LogP contribution in [-0.2, 0) is 19.4 Å². The molecule has 1 unspecified atom stereocenters. The van der Waals surface area contributed by atoms with Gasteiger partial charge in [0.05, 0.1) is 10.1 Å². The number of nitrogens with one attached hydrogen (secondary N) is 1. The van der Waals surface area contributed by atoms with E-state index in [0.29, 0.717) is 6.04 Å². The summed E-state index contributed by atoms with van der Waals surface area (Å²) in [5.41, 5.74) is 4.48. The van der Waals surface area contributed by atoms with E-state index in [1.54, 1.807) is 0 Å². The number of hydrogen-bond acceptors (Lipinski definition) is 2. The number of aromatic nitrogens is 1. The van der Waals surface area contributed by atoms with Crippen molar-refractivity contribution in [2.75, 3.05) is 26.7 Å². The van der Waals surface area contributed by atoms with Crippen LogP contribution >= 0.6 is 15.9 Å². The van der Waals surface area contributed by atoms with Gasteiger partial charge in [-0.3, -0.25) is 0 Å². The van der Waals surface area contributed by atoms with Crippen molar-refractivity contribution < 1.29 is 0 Å². The number of nitrogens with zero attached hydrogens (tertiary/aromatic N) is 2. The second kappa shape index (κ2) is 5.41. The number of halogens is 1. The van der Waals surface area contributed by atoms with E-state index in [9.17, 15) is 0 Å². The van der Waals surface area contributed by atoms with E-state index < -0.39 is 0 Å². The number of hydrogen-bond donors (Lipinski definition) is 1. The fourth-order valence-corrected chi connectivity index (χ4v) is 4.62. The van der Waals surface area contributed by atoms with Crippen molar-refractivity contribution in [3.8, 4) is 0 Å². The lowest BCUT2D eigenvalue weighted by Gasteiger charge is -2.33. The first-order valence-corrected chi connectivity index (χ1v) is 8.74. The molecule has 1 aromatic heterocycles. The SMILES string of the molecule is CN1CCNCC1Cc1c(Br)n2c3c(cccc13)CCC2. The summed E-state index contributed by atoms with van der Waals surface area (Å²) in [5.74, 6) is 0. The highest BCUT2D eigenvalue weighted by molar-refractivity contribution is 9.10. The molecule has 0 spiro atoms. The van der Waals surface area contributed by atoms with Crippen LogP contribution in [0, 0.1) is 0 Å². The van der Waals surface area contributed by atoms with Crippen LogP contribution in [0.25, 0.3) is 10.9 Å². The molecule has 2 aromatic rings. The normalized spacial score (nSPS) is 22.9. The molecule has 3 heterocycles. The van der Waals surface area contributed by atoms with Gasteiger partial charge in [0.25, 0.3) is 0 Å². The van der Waals surface area contributed by atoms with Crippen molar-refractivity contribution >= 4 is 26.8 Å². The summed E-state index contributed by atoms with van der Waals surface area (Å²) in [4.78, 5) is 2.50. The van der Waals surface area contributed by atoms with Gasteiger partial charge in [-0.2, -0.15) is 0 Å². The number of piperazine rings is 1. The van der Waals surface area contributed by atoms with Crippen molar-refractivity contribution in [3.63, 3.8) is 0 Å². The summed E-state index contributed by atoms with van der Waals surface area (Å²) in [5, 5.41) is 4.99. The zero-order chi connectivity index (χ0) is 14.4. The summed E-state index contributed by atoms with van der Waals surface area (Å²) in [6.45, 7) is 4.49. The molecule has 0 saturated carbocycles. The molecule has 1 aromatic carbocycles. The average Bonchev–Trinajstić information content (AvgIpc) is 2.78. The number of likely N-dealkylation sites (N-methyl/N-ethyl adjacent to an activating group) is 1. The second-order valence-corrected chi connectivity index (χ2v) is 7.13. The fraction of sp³-hybridized carbons (Fsp3) is 0.529. The van der Waals surface area contributed by atoms with Crippen molar-refractivity contribution in [1.29, 1.82) is 0 Å². The highest BCUT2D eigenvalue weighted by Gasteiger charge is 2.25. The van der Waals surface area contributed by atoms with E-state index in [4.69, 9.17) is 0 Å². The summed E-state index contributed by atoms with van der Waals surface area (Å²) in [7, 11) is 2.25. The third kappa shape index (κ3) is 2.24. The Morgan fingerprint density at radius 2 is 2.24 bits per heavy atom. The van der Waals surface area contributed by atoms with Gasteiger partial charge >= 0.3 is 0 Å². The van der Waals surface area contributed by atoms with Crippen LogP contribution in [0.2, 0.25) is 0 Å². The minimum atomic E-state index is 0.596. The van der Waals surface area contributed by atoms with Gasteiger partial charge in [-0.1, -0.05) is 18.2 Å². The largest absolute Gasteiger partial charge is 0.335 e. The molecule has 1 atom stereocenters. The van der Waals surface area contributed by atoms with Crippen LogP contribution in [0.4, 0.5) is 0 Å². The molecule has 21 heavy (non-hydrogen) atoms. The Bertz CT molecular complexity index is 676. The molecule has 0 radical (unpaired) electrons. The Kier molecular flexibility index (Phi) is 3.56. The first-order valence-electron chi connectivity index (χ1n) is 7.95. The molecular formula is C17H22BrN3. The predicted molar refractivity (Wildman–Crippen MR) is 91.0 cm³/mol. The Balaban J connectivity index is 1.79. The molecule has 1 fully saturated rings. The zero-order valence-corrected chi connectivity index (χ0v) is 14.1. The molecule has 1 N–H and O–H groups in total. The van der Waals surface area contributed by atoms with Crippen LogP contribution in [0.15, 0.2) is 22.8 Å². The minimum Gasteiger partial charge on any atom is -0.335 e. The molecular weight excluding hydrogens is 326 g/mol. The van der Waals surface area contributed by atoms with Crippen molar-refractivity contribution in [1.82, 2.24) is 14.8 Å². The van der Waals surface area contributed by atoms with E-state index in [0.717, 1.165) is 32.6 Å². The van der Waals surface area contributed by atoms with Crippen LogP contribution in [-0.4, -0.2) is 42.2 Å². The quantitative estimate of drug-likeness (QED) is 0.901. The molecule has 2 aliphatic heterocycles. The smallest absolute Gasteiger partial charge is 0.0890 e. The maximum atomic E-state index is 3.89. The predicted octanol–water partition coefficient (Wildman–Crippen LogP) is 2.80. The highest BCUT2D eigenvalue weighted by atomic mass is 79.9. The molecule has 3 nitrogen and oxygen atoms in total. The molecule has 4 heteroatoms. The van der Waals surface area contributed by atoms with E-state index >= 15 is 0 Å². The number of benzene rings is 1. The van der Waals surface area contributed by atoms with Gasteiger partial charge in [0.15, 0.2) is 0 Å². The second-order valence-electron chi connectivity index (χ2n) is 6.38. The number of para-hydroxylation sites is 1. The van der Waals surface area contributed by atoms with Gasteiger partial charge in [0, 0.05) is 37.6 Å². The minimum absolute atomic E-state index is 0.596. The maximum Gasteiger partial charge on any atom is 0.0890 e. The van der Waals surface area contributed by atoms with Crippen molar-refractivity contribution in [2.24, 2.45) is 0 Å². The van der Waals surface area contributed by atoms with Gasteiger partial charge in [0.1, 0.15) is 0 Å². The first kappa shape index (κ1) is 13.8. The highest BCUT2D eigenvalue weighted by Crippen LogP contribution is 2.36. The third-order valence-corrected chi connectivity index (χ3v) is 6.02. The molecule has 0 bridgehead atoms. The lowest BCUT2D eigenvalue weighted by atomic mass is 9.99. The average molecular weight is 348 g/mol. The van der Waals surface area contributed by atoms with Gasteiger partial charge < -0.3 is 14.8 Å². The molecule has 0 aliphatic carbocycles. The number of aryl methyl sites for hydroxylation is 2. The Hall–Kier alpha value is -0.840. The molecule has 1 saturated heterocycles. The molecule has 2 aliphatic rings. The standard InChI is InChI=1S/C17H22BrN3/c1-20-9-7-19-11-13(20)10-15-14-6-2-4-12-5-3-8-21(16(12)14)17(15)18/h2,4,6,13,19H,3,5,7-11H2,1H3. The summed E-state index contributed by atoms with van der Waals surface area (Å²) >= 11 is 3.89. The summed E-state index contributed by atoms with van der Waals surface area (Å²) in [6.07, 6.45) is 3.60. The lowest BCUT2D eigenvalue weighted by Crippen LogP contribution is -2.50. The summed E-state index contributed by atoms with van der Waals surface area (Å²) < 4.78 is 3.79. The van der Waals surface area contributed by atoms with E-state index in [1.165, 1.54) is 39.5 Å². The Morgan fingerprint density at radius 3 is 3.10 bits per heavy atom. The van der Waals surface area contributed by atoms with Gasteiger partial charge in [-0.15, -0.1) is 0 Å². The fourth-order valence-electron chi connectivity index (χ4n) is 3.89. The summed E-state index contributed by atoms with van der Waals surface area (Å²) in [6, 6.07) is 7.42. The lowest BCUT2D eigenvalue weighted by molar-refractivity contribution is 0.199. The monoisotopic (exact) mass is 347 g/mol. The topological polar surface area (TPSA) is 20.2 Å². The van der Waals surface area contributed by atoms with Crippen LogP contribution < -0.4 is 5.32 Å². The zero-order valence-electron chi connectivity index (χ0n) is 12.5. The van der Waals surface area contributed by atoms with Crippen molar-refractivity contribution in [2.45, 2.75) is 31.8 Å².